The average Bonchev–Trinajstić information content (AvgIpc) is 2.29. The highest BCUT2D eigenvalue weighted by Crippen LogP contribution is 2.33. The molecule has 2 atom stereocenters. The molecule has 0 aliphatic carbocycles. The molecule has 0 aromatic heterocycles. The van der Waals surface area contributed by atoms with Gasteiger partial charge in [-0.05, 0) is 0 Å². The van der Waals surface area contributed by atoms with Gasteiger partial charge < -0.3 is 15.2 Å². The first kappa shape index (κ1) is 10.3. The van der Waals surface area contributed by atoms with Crippen LogP contribution in [0.25, 0.3) is 0 Å². The van der Waals surface area contributed by atoms with Gasteiger partial charge in [0, 0.05) is 7.11 Å². The van der Waals surface area contributed by atoms with E-state index in [1.165, 1.54) is 7.11 Å². The molecule has 1 saturated heterocycles. The minimum atomic E-state index is -3.44. The number of ether oxygens (including phenoxy) is 1. The molecule has 0 saturated carbocycles. The highest BCUT2D eigenvalue weighted by molar-refractivity contribution is 5.86. The number of aliphatic hydroxyl groups is 1. The molecule has 0 aromatic carbocycles. The zero-order valence-electron chi connectivity index (χ0n) is 7.09. The largest absolute Gasteiger partial charge is 0.394 e. The highest BCUT2D eigenvalue weighted by atomic mass is 19.3. The van der Waals surface area contributed by atoms with Gasteiger partial charge in [0.05, 0.1) is 25.2 Å². The number of methoxy groups -OCH3 is 1. The maximum atomic E-state index is 13.0. The molecule has 1 amide bonds. The van der Waals surface area contributed by atoms with Crippen molar-refractivity contribution in [2.24, 2.45) is 5.92 Å². The number of halogens is 2. The molecule has 13 heavy (non-hydrogen) atoms. The van der Waals surface area contributed by atoms with E-state index in [0.29, 0.717) is 0 Å². The standard InChI is InChI=1S/C7H11F2NO3/c1-13-3-4-5(2-11)10-6(12)7(4,8)9/h4-5,11H,2-3H2,1H3,(H,10,12). The van der Waals surface area contributed by atoms with Crippen molar-refractivity contribution in [1.29, 1.82) is 0 Å². The Hall–Kier alpha value is -0.750. The van der Waals surface area contributed by atoms with E-state index in [1.807, 2.05) is 5.32 Å². The van der Waals surface area contributed by atoms with Crippen molar-refractivity contribution in [3.05, 3.63) is 0 Å². The number of carbonyl (C=O) groups is 1. The highest BCUT2D eigenvalue weighted by Gasteiger charge is 2.56. The summed E-state index contributed by atoms with van der Waals surface area (Å²) in [5.74, 6) is -6.06. The molecule has 4 nitrogen and oxygen atoms in total. The summed E-state index contributed by atoms with van der Waals surface area (Å²) in [7, 11) is 1.27. The second-order valence-corrected chi connectivity index (χ2v) is 2.95. The number of hydrogen-bond acceptors (Lipinski definition) is 3. The van der Waals surface area contributed by atoms with E-state index in [2.05, 4.69) is 4.74 Å². The summed E-state index contributed by atoms with van der Waals surface area (Å²) in [5.41, 5.74) is 0. The topological polar surface area (TPSA) is 58.6 Å². The van der Waals surface area contributed by atoms with E-state index < -0.39 is 30.4 Å². The van der Waals surface area contributed by atoms with Gasteiger partial charge in [-0.25, -0.2) is 0 Å². The van der Waals surface area contributed by atoms with E-state index in [-0.39, 0.29) is 6.61 Å². The summed E-state index contributed by atoms with van der Waals surface area (Å²) in [4.78, 5) is 10.7. The van der Waals surface area contributed by atoms with Gasteiger partial charge >= 0.3 is 5.92 Å². The Labute approximate surface area is 73.9 Å². The van der Waals surface area contributed by atoms with E-state index in [0.717, 1.165) is 0 Å². The average molecular weight is 195 g/mol. The minimum absolute atomic E-state index is 0.253. The summed E-state index contributed by atoms with van der Waals surface area (Å²) in [6, 6.07) is -0.914. The first-order valence-electron chi connectivity index (χ1n) is 3.82. The molecule has 0 spiro atoms. The molecule has 1 aliphatic heterocycles. The van der Waals surface area contributed by atoms with Crippen LogP contribution in [0.4, 0.5) is 8.78 Å². The van der Waals surface area contributed by atoms with Crippen molar-refractivity contribution in [2.45, 2.75) is 12.0 Å². The third-order valence-electron chi connectivity index (χ3n) is 2.11. The van der Waals surface area contributed by atoms with Crippen LogP contribution in [0.2, 0.25) is 0 Å². The molecule has 1 rings (SSSR count). The van der Waals surface area contributed by atoms with Crippen LogP contribution < -0.4 is 5.32 Å². The molecule has 6 heteroatoms. The number of alkyl halides is 2. The van der Waals surface area contributed by atoms with Crippen LogP contribution in [0.5, 0.6) is 0 Å². The monoisotopic (exact) mass is 195 g/mol. The quantitative estimate of drug-likeness (QED) is 0.630. The van der Waals surface area contributed by atoms with Gasteiger partial charge in [0.25, 0.3) is 5.91 Å². The Morgan fingerprint density at radius 2 is 2.31 bits per heavy atom. The molecule has 2 N–H and O–H groups in total. The Bertz CT molecular complexity index is 210. The molecular formula is C7H11F2NO3. The molecule has 1 aliphatic rings. The number of hydrogen-bond donors (Lipinski definition) is 2. The van der Waals surface area contributed by atoms with Crippen molar-refractivity contribution >= 4 is 5.91 Å². The SMILES string of the molecule is COCC1C(CO)NC(=O)C1(F)F. The smallest absolute Gasteiger partial charge is 0.331 e. The van der Waals surface area contributed by atoms with Crippen molar-refractivity contribution in [2.75, 3.05) is 20.3 Å². The number of amides is 1. The molecule has 0 radical (unpaired) electrons. The second kappa shape index (κ2) is 3.55. The minimum Gasteiger partial charge on any atom is -0.394 e. The van der Waals surface area contributed by atoms with Crippen LogP contribution in [-0.2, 0) is 9.53 Å². The zero-order chi connectivity index (χ0) is 10.1. The summed E-state index contributed by atoms with van der Waals surface area (Å²) in [5, 5.41) is 10.7. The molecule has 76 valence electrons. The van der Waals surface area contributed by atoms with Gasteiger partial charge in [0.2, 0.25) is 0 Å². The number of aliphatic hydroxyl groups excluding tert-OH is 1. The van der Waals surface area contributed by atoms with E-state index >= 15 is 0 Å². The van der Waals surface area contributed by atoms with Crippen molar-refractivity contribution < 1.29 is 23.4 Å². The summed E-state index contributed by atoms with van der Waals surface area (Å²) >= 11 is 0. The van der Waals surface area contributed by atoms with Gasteiger partial charge in [-0.2, -0.15) is 8.78 Å². The van der Waals surface area contributed by atoms with Gasteiger partial charge in [-0.3, -0.25) is 4.79 Å². The van der Waals surface area contributed by atoms with Gasteiger partial charge in [0.1, 0.15) is 0 Å². The predicted octanol–water partition coefficient (Wildman–Crippen LogP) is -0.625. The first-order chi connectivity index (χ1) is 6.04. The van der Waals surface area contributed by atoms with Crippen LogP contribution in [0.3, 0.4) is 0 Å². The van der Waals surface area contributed by atoms with E-state index in [1.54, 1.807) is 0 Å². The van der Waals surface area contributed by atoms with Crippen molar-refractivity contribution in [3.63, 3.8) is 0 Å². The maximum absolute atomic E-state index is 13.0. The summed E-state index contributed by atoms with van der Waals surface area (Å²) in [6.07, 6.45) is 0. The fourth-order valence-corrected chi connectivity index (χ4v) is 1.36. The Morgan fingerprint density at radius 3 is 2.77 bits per heavy atom. The van der Waals surface area contributed by atoms with Crippen LogP contribution in [0.1, 0.15) is 0 Å². The molecule has 0 aromatic rings. The van der Waals surface area contributed by atoms with Gasteiger partial charge in [-0.15, -0.1) is 0 Å². The number of rotatable bonds is 3. The lowest BCUT2D eigenvalue weighted by Crippen LogP contribution is -2.37. The van der Waals surface area contributed by atoms with E-state index in [9.17, 15) is 13.6 Å². The summed E-state index contributed by atoms with van der Waals surface area (Å²) < 4.78 is 30.6. The third kappa shape index (κ3) is 1.64. The fourth-order valence-electron chi connectivity index (χ4n) is 1.36. The van der Waals surface area contributed by atoms with Crippen molar-refractivity contribution in [1.82, 2.24) is 5.32 Å². The zero-order valence-corrected chi connectivity index (χ0v) is 7.09. The maximum Gasteiger partial charge on any atom is 0.331 e. The fraction of sp³-hybridized carbons (Fsp3) is 0.857. The van der Waals surface area contributed by atoms with Crippen molar-refractivity contribution in [3.8, 4) is 0 Å². The lowest BCUT2D eigenvalue weighted by Gasteiger charge is -2.18. The number of nitrogens with one attached hydrogen (secondary N) is 1. The van der Waals surface area contributed by atoms with Crippen LogP contribution >= 0.6 is 0 Å². The van der Waals surface area contributed by atoms with Crippen LogP contribution in [0, 0.1) is 5.92 Å². The lowest BCUT2D eigenvalue weighted by molar-refractivity contribution is -0.146. The van der Waals surface area contributed by atoms with Gasteiger partial charge in [0.15, 0.2) is 0 Å². The molecule has 2 unspecified atom stereocenters. The normalized spacial score (nSPS) is 31.8. The predicted molar refractivity (Wildman–Crippen MR) is 39.3 cm³/mol. The lowest BCUT2D eigenvalue weighted by atomic mass is 9.99. The van der Waals surface area contributed by atoms with E-state index in [4.69, 9.17) is 5.11 Å². The summed E-state index contributed by atoms with van der Waals surface area (Å²) in [6.45, 7) is -0.758. The molecule has 1 heterocycles. The van der Waals surface area contributed by atoms with Gasteiger partial charge in [-0.1, -0.05) is 0 Å². The van der Waals surface area contributed by atoms with Crippen LogP contribution in [-0.4, -0.2) is 43.3 Å². The second-order valence-electron chi connectivity index (χ2n) is 2.95. The Kier molecular flexibility index (Phi) is 2.82. The molecule has 0 bridgehead atoms. The Morgan fingerprint density at radius 1 is 1.69 bits per heavy atom. The molecular weight excluding hydrogens is 184 g/mol. The Balaban J connectivity index is 2.78. The molecule has 1 fully saturated rings. The third-order valence-corrected chi connectivity index (χ3v) is 2.11. The number of carbonyl (C=O) groups excluding carboxylic acids is 1. The first-order valence-corrected chi connectivity index (χ1v) is 3.82. The van der Waals surface area contributed by atoms with Crippen LogP contribution in [0.15, 0.2) is 0 Å².